The van der Waals surface area contributed by atoms with Gasteiger partial charge < -0.3 is 10.6 Å². The van der Waals surface area contributed by atoms with Crippen LogP contribution in [0, 0.1) is 5.92 Å². The predicted molar refractivity (Wildman–Crippen MR) is 52.9 cm³/mol. The van der Waals surface area contributed by atoms with E-state index in [2.05, 4.69) is 27.4 Å². The molecule has 13 heavy (non-hydrogen) atoms. The minimum absolute atomic E-state index is 0.0194. The zero-order valence-corrected chi connectivity index (χ0v) is 8.63. The molecule has 0 saturated carbocycles. The second-order valence-corrected chi connectivity index (χ2v) is 4.46. The number of primary amides is 1. The lowest BCUT2D eigenvalue weighted by Gasteiger charge is -2.32. The smallest absolute Gasteiger partial charge is 0.236 e. The molecule has 1 rings (SSSR count). The first-order chi connectivity index (χ1) is 5.84. The first-order valence-electron chi connectivity index (χ1n) is 4.59. The normalized spacial score (nSPS) is 26.5. The molecule has 0 aromatic rings. The summed E-state index contributed by atoms with van der Waals surface area (Å²) in [5.41, 5.74) is 6.23. The molecular formula is C10H18N2O. The number of hydrogen-bond donors (Lipinski definition) is 1. The van der Waals surface area contributed by atoms with E-state index in [-0.39, 0.29) is 18.0 Å². The molecule has 1 unspecified atom stereocenters. The molecule has 1 fully saturated rings. The Hall–Kier alpha value is -0.990. The number of rotatable bonds is 2. The van der Waals surface area contributed by atoms with Gasteiger partial charge in [0, 0.05) is 11.2 Å². The van der Waals surface area contributed by atoms with E-state index in [1.807, 2.05) is 4.90 Å². The van der Waals surface area contributed by atoms with E-state index < -0.39 is 0 Å². The van der Waals surface area contributed by atoms with Crippen molar-refractivity contribution < 1.29 is 4.79 Å². The van der Waals surface area contributed by atoms with Crippen LogP contribution in [0.5, 0.6) is 0 Å². The van der Waals surface area contributed by atoms with Gasteiger partial charge in [-0.2, -0.15) is 0 Å². The van der Waals surface area contributed by atoms with Crippen LogP contribution < -0.4 is 5.73 Å². The van der Waals surface area contributed by atoms with E-state index in [9.17, 15) is 4.79 Å². The van der Waals surface area contributed by atoms with Crippen LogP contribution in [0.3, 0.4) is 0 Å². The van der Waals surface area contributed by atoms with Gasteiger partial charge in [-0.1, -0.05) is 13.5 Å². The topological polar surface area (TPSA) is 46.3 Å². The molecule has 1 atom stereocenters. The van der Waals surface area contributed by atoms with Crippen LogP contribution in [0.4, 0.5) is 0 Å². The van der Waals surface area contributed by atoms with Crippen LogP contribution in [0.1, 0.15) is 27.2 Å². The summed E-state index contributed by atoms with van der Waals surface area (Å²) in [6, 6.07) is 0. The third-order valence-electron chi connectivity index (χ3n) is 2.77. The lowest BCUT2D eigenvalue weighted by atomic mass is 9.97. The Morgan fingerprint density at radius 2 is 2.31 bits per heavy atom. The number of carbonyl (C=O) groups excluding carboxylic acids is 1. The molecule has 3 nitrogen and oxygen atoms in total. The molecule has 1 amide bonds. The van der Waals surface area contributed by atoms with Gasteiger partial charge in [-0.05, 0) is 26.2 Å². The van der Waals surface area contributed by atoms with Crippen LogP contribution in [0.25, 0.3) is 0 Å². The summed E-state index contributed by atoms with van der Waals surface area (Å²) >= 11 is 0. The van der Waals surface area contributed by atoms with Crippen molar-refractivity contribution in [1.82, 2.24) is 4.90 Å². The van der Waals surface area contributed by atoms with E-state index >= 15 is 0 Å². The van der Waals surface area contributed by atoms with E-state index in [1.165, 1.54) is 0 Å². The zero-order chi connectivity index (χ0) is 10.2. The lowest BCUT2D eigenvalue weighted by Crippen LogP contribution is -2.42. The first kappa shape index (κ1) is 10.1. The fourth-order valence-corrected chi connectivity index (χ4v) is 2.10. The number of carbonyl (C=O) groups is 1. The molecule has 0 radical (unpaired) electrons. The number of allylic oxidation sites excluding steroid dienone is 1. The third-order valence-corrected chi connectivity index (χ3v) is 2.77. The summed E-state index contributed by atoms with van der Waals surface area (Å²) in [7, 11) is 0. The van der Waals surface area contributed by atoms with Crippen molar-refractivity contribution in [1.29, 1.82) is 0 Å². The molecule has 0 bridgehead atoms. The number of amides is 1. The average molecular weight is 182 g/mol. The van der Waals surface area contributed by atoms with Crippen molar-refractivity contribution >= 4 is 5.91 Å². The van der Waals surface area contributed by atoms with Gasteiger partial charge >= 0.3 is 0 Å². The fraction of sp³-hybridized carbons (Fsp3) is 0.700. The monoisotopic (exact) mass is 182 g/mol. The Morgan fingerprint density at radius 1 is 1.77 bits per heavy atom. The molecule has 0 aromatic heterocycles. The predicted octanol–water partition coefficient (Wildman–Crippen LogP) is 1.11. The van der Waals surface area contributed by atoms with Crippen LogP contribution in [0.2, 0.25) is 0 Å². The molecule has 2 N–H and O–H groups in total. The van der Waals surface area contributed by atoms with E-state index in [0.717, 1.165) is 12.1 Å². The highest BCUT2D eigenvalue weighted by molar-refractivity contribution is 5.76. The molecule has 1 saturated heterocycles. The molecule has 1 aliphatic rings. The van der Waals surface area contributed by atoms with E-state index in [0.29, 0.717) is 5.92 Å². The molecule has 1 heterocycles. The van der Waals surface area contributed by atoms with Crippen molar-refractivity contribution in [3.8, 4) is 0 Å². The third kappa shape index (κ3) is 1.85. The lowest BCUT2D eigenvalue weighted by molar-refractivity contribution is -0.119. The molecule has 1 aliphatic heterocycles. The van der Waals surface area contributed by atoms with Gasteiger partial charge in [-0.25, -0.2) is 0 Å². The van der Waals surface area contributed by atoms with Crippen molar-refractivity contribution in [3.63, 3.8) is 0 Å². The zero-order valence-electron chi connectivity index (χ0n) is 8.63. The van der Waals surface area contributed by atoms with Crippen molar-refractivity contribution in [2.24, 2.45) is 11.7 Å². The van der Waals surface area contributed by atoms with Gasteiger partial charge in [0.1, 0.15) is 0 Å². The minimum atomic E-state index is -0.289. The SMILES string of the molecule is C=C1C(C)CC(C)(C)N1CC(N)=O. The average Bonchev–Trinajstić information content (AvgIpc) is 2.12. The van der Waals surface area contributed by atoms with Gasteiger partial charge in [-0.15, -0.1) is 0 Å². The second-order valence-electron chi connectivity index (χ2n) is 4.46. The Bertz CT molecular complexity index is 245. The standard InChI is InChI=1S/C10H18N2O/c1-7-5-10(3,4)12(8(7)2)6-9(11)13/h7H,2,5-6H2,1,3-4H3,(H2,11,13). The van der Waals surface area contributed by atoms with Gasteiger partial charge in [0.05, 0.1) is 6.54 Å². The van der Waals surface area contributed by atoms with E-state index in [1.54, 1.807) is 0 Å². The molecule has 74 valence electrons. The molecule has 3 heteroatoms. The molecule has 0 aliphatic carbocycles. The van der Waals surface area contributed by atoms with Crippen LogP contribution in [-0.2, 0) is 4.79 Å². The highest BCUT2D eigenvalue weighted by atomic mass is 16.1. The second kappa shape index (κ2) is 3.05. The summed E-state index contributed by atoms with van der Waals surface area (Å²) in [5.74, 6) is 0.165. The quantitative estimate of drug-likeness (QED) is 0.695. The number of hydrogen-bond acceptors (Lipinski definition) is 2. The van der Waals surface area contributed by atoms with Crippen molar-refractivity contribution in [2.45, 2.75) is 32.7 Å². The highest BCUT2D eigenvalue weighted by Gasteiger charge is 2.38. The van der Waals surface area contributed by atoms with Crippen molar-refractivity contribution in [2.75, 3.05) is 6.54 Å². The summed E-state index contributed by atoms with van der Waals surface area (Å²) < 4.78 is 0. The Balaban J connectivity index is 2.81. The maximum Gasteiger partial charge on any atom is 0.236 e. The summed E-state index contributed by atoms with van der Waals surface area (Å²) in [6.45, 7) is 10.6. The molecule has 0 aromatic carbocycles. The van der Waals surface area contributed by atoms with Gasteiger partial charge in [0.25, 0.3) is 0 Å². The number of nitrogens with zero attached hydrogens (tertiary/aromatic N) is 1. The summed E-state index contributed by atoms with van der Waals surface area (Å²) in [4.78, 5) is 12.8. The minimum Gasteiger partial charge on any atom is -0.368 e. The van der Waals surface area contributed by atoms with Crippen LogP contribution >= 0.6 is 0 Å². The number of likely N-dealkylation sites (tertiary alicyclic amines) is 1. The maximum absolute atomic E-state index is 10.8. The van der Waals surface area contributed by atoms with Gasteiger partial charge in [0.15, 0.2) is 0 Å². The Morgan fingerprint density at radius 3 is 2.62 bits per heavy atom. The van der Waals surface area contributed by atoms with Gasteiger partial charge in [0.2, 0.25) is 5.91 Å². The van der Waals surface area contributed by atoms with Crippen molar-refractivity contribution in [3.05, 3.63) is 12.3 Å². The Kier molecular flexibility index (Phi) is 2.37. The summed E-state index contributed by atoms with van der Waals surface area (Å²) in [6.07, 6.45) is 1.04. The number of nitrogens with two attached hydrogens (primary N) is 1. The molecular weight excluding hydrogens is 164 g/mol. The Labute approximate surface area is 79.6 Å². The summed E-state index contributed by atoms with van der Waals surface area (Å²) in [5, 5.41) is 0. The largest absolute Gasteiger partial charge is 0.368 e. The fourth-order valence-electron chi connectivity index (χ4n) is 2.10. The van der Waals surface area contributed by atoms with Crippen LogP contribution in [0.15, 0.2) is 12.3 Å². The maximum atomic E-state index is 10.8. The van der Waals surface area contributed by atoms with E-state index in [4.69, 9.17) is 5.73 Å². The first-order valence-corrected chi connectivity index (χ1v) is 4.59. The molecule has 0 spiro atoms. The highest BCUT2D eigenvalue weighted by Crippen LogP contribution is 2.38. The van der Waals surface area contributed by atoms with Crippen LogP contribution in [-0.4, -0.2) is 22.9 Å². The van der Waals surface area contributed by atoms with Gasteiger partial charge in [-0.3, -0.25) is 4.79 Å².